The van der Waals surface area contributed by atoms with Gasteiger partial charge in [-0.25, -0.2) is 0 Å². The Balaban J connectivity index is 2.31. The minimum Gasteiger partial charge on any atom is -0.308 e. The number of hydrogen-bond acceptors (Lipinski definition) is 2. The van der Waals surface area contributed by atoms with Crippen molar-refractivity contribution < 1.29 is 0 Å². The third-order valence-electron chi connectivity index (χ3n) is 4.88. The largest absolute Gasteiger partial charge is 0.308 e. The molecule has 0 aliphatic carbocycles. The molecule has 0 aromatic rings. The van der Waals surface area contributed by atoms with Crippen LogP contribution in [-0.4, -0.2) is 26.4 Å². The summed E-state index contributed by atoms with van der Waals surface area (Å²) in [5.41, 5.74) is 0. The lowest BCUT2D eigenvalue weighted by Gasteiger charge is -2.32. The van der Waals surface area contributed by atoms with E-state index in [1.54, 1.807) is 0 Å². The summed E-state index contributed by atoms with van der Waals surface area (Å²) in [4.78, 5) is 0. The molecule has 0 bridgehead atoms. The van der Waals surface area contributed by atoms with E-state index in [0.29, 0.717) is 11.4 Å². The first kappa shape index (κ1) is 19.0. The fraction of sp³-hybridized carbons (Fsp3) is 1.00. The Morgan fingerprint density at radius 1 is 0.810 bits per heavy atom. The van der Waals surface area contributed by atoms with Crippen molar-refractivity contribution in [3.8, 4) is 0 Å². The maximum atomic E-state index is 3.56. The monoisotopic (exact) mass is 293 g/mol. The highest BCUT2D eigenvalue weighted by molar-refractivity contribution is 6.41. The van der Waals surface area contributed by atoms with Gasteiger partial charge in [0, 0.05) is 19.2 Å². The molecule has 0 spiro atoms. The molecule has 0 aromatic carbocycles. The second-order valence-electron chi connectivity index (χ2n) is 7.18. The first-order chi connectivity index (χ1) is 10.2. The molecule has 0 saturated carbocycles. The van der Waals surface area contributed by atoms with Gasteiger partial charge in [0.1, 0.15) is 0 Å². The predicted molar refractivity (Wildman–Crippen MR) is 96.0 cm³/mol. The van der Waals surface area contributed by atoms with Crippen LogP contribution in [0, 0.1) is 0 Å². The zero-order valence-corrected chi connectivity index (χ0v) is 14.8. The van der Waals surface area contributed by atoms with Crippen LogP contribution in [0.25, 0.3) is 0 Å². The van der Waals surface area contributed by atoms with Crippen LogP contribution in [-0.2, 0) is 0 Å². The maximum Gasteiger partial charge on any atom is 0.160 e. The molecule has 1 heterocycles. The molecule has 1 rings (SSSR count). The Morgan fingerprint density at radius 3 is 1.81 bits per heavy atom. The van der Waals surface area contributed by atoms with Gasteiger partial charge in [-0.2, -0.15) is 0 Å². The third kappa shape index (κ3) is 8.88. The normalized spacial score (nSPS) is 18.8. The van der Waals surface area contributed by atoms with Gasteiger partial charge in [-0.3, -0.25) is 0 Å². The molecule has 1 unspecified atom stereocenters. The molecule has 21 heavy (non-hydrogen) atoms. The van der Waals surface area contributed by atoms with Gasteiger partial charge in [0.25, 0.3) is 0 Å². The minimum atomic E-state index is 0.412. The quantitative estimate of drug-likeness (QED) is 0.381. The summed E-state index contributed by atoms with van der Waals surface area (Å²) < 4.78 is 0. The molecule has 1 atom stereocenters. The van der Waals surface area contributed by atoms with Crippen LogP contribution in [0.5, 0.6) is 0 Å². The van der Waals surface area contributed by atoms with E-state index < -0.39 is 0 Å². The Morgan fingerprint density at radius 2 is 1.29 bits per heavy atom. The van der Waals surface area contributed by atoms with Crippen molar-refractivity contribution in [2.45, 2.75) is 103 Å². The van der Waals surface area contributed by atoms with E-state index in [-0.39, 0.29) is 0 Å². The minimum absolute atomic E-state index is 0.412. The van der Waals surface area contributed by atoms with Crippen LogP contribution in [0.2, 0.25) is 5.31 Å². The zero-order chi connectivity index (χ0) is 15.4. The number of unbranched alkanes of at least 4 members (excludes halogenated alkanes) is 7. The Labute approximate surface area is 134 Å². The highest BCUT2D eigenvalue weighted by atomic mass is 15.2. The molecule has 0 aromatic heterocycles. The Bertz CT molecular complexity index is 241. The Hall–Kier alpha value is -0.0151. The summed E-state index contributed by atoms with van der Waals surface area (Å²) in [6.45, 7) is 9.31. The van der Waals surface area contributed by atoms with Crippen molar-refractivity contribution in [3.63, 3.8) is 0 Å². The van der Waals surface area contributed by atoms with E-state index >= 15 is 0 Å². The zero-order valence-electron chi connectivity index (χ0n) is 14.8. The number of hydrogen-bond donors (Lipinski definition) is 2. The third-order valence-corrected chi connectivity index (χ3v) is 4.88. The Kier molecular flexibility index (Phi) is 10.5. The average molecular weight is 293 g/mol. The van der Waals surface area contributed by atoms with Crippen LogP contribution in [0.15, 0.2) is 0 Å². The summed E-state index contributed by atoms with van der Waals surface area (Å²) >= 11 is 0. The summed E-state index contributed by atoms with van der Waals surface area (Å²) in [6, 6.07) is 0.441. The van der Waals surface area contributed by atoms with E-state index in [9.17, 15) is 0 Å². The van der Waals surface area contributed by atoms with Gasteiger partial charge in [0.15, 0.2) is 7.28 Å². The van der Waals surface area contributed by atoms with Crippen LogP contribution in [0.3, 0.4) is 0 Å². The van der Waals surface area contributed by atoms with Crippen molar-refractivity contribution in [2.24, 2.45) is 0 Å². The van der Waals surface area contributed by atoms with E-state index in [1.165, 1.54) is 70.6 Å². The van der Waals surface area contributed by atoms with Gasteiger partial charge in [0.2, 0.25) is 0 Å². The maximum absolute atomic E-state index is 3.56. The highest BCUT2D eigenvalue weighted by Crippen LogP contribution is 2.38. The molecule has 2 N–H and O–H groups in total. The van der Waals surface area contributed by atoms with Gasteiger partial charge in [-0.15, -0.1) is 0 Å². The van der Waals surface area contributed by atoms with Crippen molar-refractivity contribution in [3.05, 3.63) is 0 Å². The lowest BCUT2D eigenvalue weighted by atomic mass is 9.47. The van der Waals surface area contributed by atoms with Gasteiger partial charge in [-0.1, -0.05) is 96.7 Å². The molecule has 1 fully saturated rings. The summed E-state index contributed by atoms with van der Waals surface area (Å²) in [7, 11) is 2.58. The van der Waals surface area contributed by atoms with E-state index in [1.807, 2.05) is 0 Å². The molecule has 1 aliphatic rings. The SMILES string of the molecule is CCCCCCCC(C)([B]C1NCCN1)CCCCCC. The van der Waals surface area contributed by atoms with Gasteiger partial charge >= 0.3 is 0 Å². The van der Waals surface area contributed by atoms with Crippen LogP contribution in [0.4, 0.5) is 0 Å². The fourth-order valence-electron chi connectivity index (χ4n) is 3.43. The van der Waals surface area contributed by atoms with Crippen LogP contribution >= 0.6 is 0 Å². The number of nitrogens with one attached hydrogen (secondary N) is 2. The van der Waals surface area contributed by atoms with Gasteiger partial charge in [-0.05, 0) is 0 Å². The standard InChI is InChI=1S/C18H38BN2/c1-4-6-8-10-12-14-18(3,13-11-9-7-5-2)19-17-20-15-16-21-17/h17,20-21H,4-16H2,1-3H3. The molecular formula is C18H38BN2. The van der Waals surface area contributed by atoms with Crippen molar-refractivity contribution in [2.75, 3.05) is 13.1 Å². The molecular weight excluding hydrogens is 255 g/mol. The summed E-state index contributed by atoms with van der Waals surface area (Å²) in [5, 5.41) is 7.53. The highest BCUT2D eigenvalue weighted by Gasteiger charge is 2.29. The van der Waals surface area contributed by atoms with Crippen molar-refractivity contribution >= 4 is 7.28 Å². The molecule has 3 heteroatoms. The second kappa shape index (κ2) is 11.5. The molecule has 1 saturated heterocycles. The first-order valence-electron chi connectivity index (χ1n) is 9.53. The van der Waals surface area contributed by atoms with Gasteiger partial charge < -0.3 is 10.6 Å². The van der Waals surface area contributed by atoms with Crippen LogP contribution in [0.1, 0.15) is 91.4 Å². The van der Waals surface area contributed by atoms with E-state index in [4.69, 9.17) is 0 Å². The molecule has 0 amide bonds. The topological polar surface area (TPSA) is 24.1 Å². The van der Waals surface area contributed by atoms with Crippen LogP contribution < -0.4 is 10.6 Å². The molecule has 2 nitrogen and oxygen atoms in total. The van der Waals surface area contributed by atoms with Crippen molar-refractivity contribution in [1.82, 2.24) is 10.6 Å². The first-order valence-corrected chi connectivity index (χ1v) is 9.53. The van der Waals surface area contributed by atoms with E-state index in [2.05, 4.69) is 38.7 Å². The molecule has 1 aliphatic heterocycles. The summed E-state index contributed by atoms with van der Waals surface area (Å²) in [6.07, 6.45) is 15.2. The van der Waals surface area contributed by atoms with E-state index in [0.717, 1.165) is 13.1 Å². The molecule has 1 radical (unpaired) electrons. The lowest BCUT2D eigenvalue weighted by molar-refractivity contribution is 0.441. The smallest absolute Gasteiger partial charge is 0.160 e. The van der Waals surface area contributed by atoms with Gasteiger partial charge in [0.05, 0.1) is 0 Å². The lowest BCUT2D eigenvalue weighted by Crippen LogP contribution is -2.42. The average Bonchev–Trinajstić information content (AvgIpc) is 2.96. The number of rotatable bonds is 13. The fourth-order valence-corrected chi connectivity index (χ4v) is 3.43. The summed E-state index contributed by atoms with van der Waals surface area (Å²) in [5.74, 6) is 0. The predicted octanol–water partition coefficient (Wildman–Crippen LogP) is 4.68. The molecule has 123 valence electrons. The second-order valence-corrected chi connectivity index (χ2v) is 7.18. The van der Waals surface area contributed by atoms with Crippen molar-refractivity contribution in [1.29, 1.82) is 0 Å².